The molecule has 0 amide bonds. The summed E-state index contributed by atoms with van der Waals surface area (Å²) in [6.45, 7) is 1.81. The van der Waals surface area contributed by atoms with Crippen LogP contribution < -0.4 is 24.6 Å². The van der Waals surface area contributed by atoms with Gasteiger partial charge in [0.05, 0.1) is 25.1 Å². The second-order valence-corrected chi connectivity index (χ2v) is 13.6. The van der Waals surface area contributed by atoms with Crippen molar-refractivity contribution in [3.05, 3.63) is 109 Å². The van der Waals surface area contributed by atoms with Crippen molar-refractivity contribution in [2.45, 2.75) is 43.9 Å². The first-order valence-corrected chi connectivity index (χ1v) is 17.0. The van der Waals surface area contributed by atoms with E-state index in [1.54, 1.807) is 18.2 Å². The lowest BCUT2D eigenvalue weighted by molar-refractivity contribution is -0.904. The molecule has 5 rings (SSSR count). The van der Waals surface area contributed by atoms with Gasteiger partial charge in [0.1, 0.15) is 22.2 Å². The number of piperidine rings is 1. The van der Waals surface area contributed by atoms with Crippen LogP contribution >= 0.6 is 34.5 Å². The molecule has 48 heavy (non-hydrogen) atoms. The predicted octanol–water partition coefficient (Wildman–Crippen LogP) is 4.80. The Bertz CT molecular complexity index is 1730. The van der Waals surface area contributed by atoms with E-state index in [0.717, 1.165) is 41.0 Å². The Morgan fingerprint density at radius 2 is 1.77 bits per heavy atom. The number of methoxy groups -OCH3 is 2. The molecule has 4 aromatic rings. The van der Waals surface area contributed by atoms with E-state index in [-0.39, 0.29) is 34.0 Å². The van der Waals surface area contributed by atoms with E-state index < -0.39 is 23.9 Å². The molecule has 0 aliphatic carbocycles. The van der Waals surface area contributed by atoms with Gasteiger partial charge in [0, 0.05) is 34.2 Å². The van der Waals surface area contributed by atoms with Crippen LogP contribution in [0.15, 0.2) is 67.0 Å². The Morgan fingerprint density at radius 1 is 1.06 bits per heavy atom. The van der Waals surface area contributed by atoms with Gasteiger partial charge < -0.3 is 29.0 Å². The van der Waals surface area contributed by atoms with Crippen molar-refractivity contribution in [2.75, 3.05) is 34.4 Å². The number of likely N-dealkylation sites (N-methyl/N-ethyl adjacent to an activating group) is 1. The smallest absolute Gasteiger partial charge is 0.328 e. The molecular formula is C35H37Cl2N3O7S. The van der Waals surface area contributed by atoms with E-state index >= 15 is 0 Å². The number of aromatic nitrogens is 1. The van der Waals surface area contributed by atoms with Crippen molar-refractivity contribution < 1.29 is 38.8 Å². The molecule has 0 bridgehead atoms. The lowest BCUT2D eigenvalue weighted by atomic mass is 9.85. The van der Waals surface area contributed by atoms with Gasteiger partial charge in [-0.25, -0.2) is 4.79 Å². The number of esters is 1. The number of carboxylic acid groups (broad SMARTS) is 1. The zero-order valence-electron chi connectivity index (χ0n) is 26.8. The highest BCUT2D eigenvalue weighted by atomic mass is 35.5. The summed E-state index contributed by atoms with van der Waals surface area (Å²) in [6.07, 6.45) is 4.35. The van der Waals surface area contributed by atoms with Crippen LogP contribution in [0.25, 0.3) is 0 Å². The molecule has 10 nitrogen and oxygen atoms in total. The van der Waals surface area contributed by atoms with Crippen LogP contribution in [0.3, 0.4) is 0 Å². The molecule has 254 valence electrons. The monoisotopic (exact) mass is 713 g/mol. The van der Waals surface area contributed by atoms with Gasteiger partial charge in [-0.3, -0.25) is 10.5 Å². The van der Waals surface area contributed by atoms with Crippen molar-refractivity contribution in [1.29, 1.82) is 0 Å². The number of ether oxygens (including phenoxy) is 3. The molecule has 1 aliphatic rings. The van der Waals surface area contributed by atoms with Gasteiger partial charge in [-0.2, -0.15) is 0 Å². The van der Waals surface area contributed by atoms with Crippen molar-refractivity contribution in [2.24, 2.45) is 0 Å². The lowest BCUT2D eigenvalue weighted by Gasteiger charge is -2.30. The average Bonchev–Trinajstić information content (AvgIpc) is 3.49. The normalized spacial score (nSPS) is 16.2. The third kappa shape index (κ3) is 8.40. The van der Waals surface area contributed by atoms with Gasteiger partial charge in [0.15, 0.2) is 11.5 Å². The molecule has 1 fully saturated rings. The van der Waals surface area contributed by atoms with Gasteiger partial charge in [0.25, 0.3) is 0 Å². The number of carbonyl (C=O) groups is 2. The number of carboxylic acids is 1. The summed E-state index contributed by atoms with van der Waals surface area (Å²) in [5.41, 5.74) is 2.43. The van der Waals surface area contributed by atoms with Crippen molar-refractivity contribution in [1.82, 2.24) is 10.2 Å². The second kappa shape index (κ2) is 16.0. The first-order valence-electron chi connectivity index (χ1n) is 15.4. The molecule has 2 aromatic carbocycles. The molecule has 1 saturated heterocycles. The van der Waals surface area contributed by atoms with E-state index in [0.29, 0.717) is 39.6 Å². The highest BCUT2D eigenvalue weighted by molar-refractivity contribution is 7.14. The standard InChI is InChI=1S/C35H37Cl2N3O7S/c1-39-13-7-10-23(18-39)47-35(43)32(21-8-5-4-6-9-21)38-17-24-15-26(33(48-24)34(41)42)25(16-27-28(36)19-40(44)20-29(27)37)22-11-12-30(45-2)31(14-22)46-3/h4-6,8-9,11-12,14-15,19-20,23,25,32,38H,7,10,13,16-18H2,1-3H3,(H-,41,42,44)/t23-,25+,32?/m1/s1. The minimum Gasteiger partial charge on any atom is -0.544 e. The lowest BCUT2D eigenvalue weighted by Crippen LogP contribution is -2.40. The highest BCUT2D eigenvalue weighted by Gasteiger charge is 2.29. The maximum atomic E-state index is 13.5. The average molecular weight is 715 g/mol. The summed E-state index contributed by atoms with van der Waals surface area (Å²) in [5.74, 6) is -1.35. The van der Waals surface area contributed by atoms with Crippen molar-refractivity contribution in [3.8, 4) is 11.5 Å². The maximum absolute atomic E-state index is 13.5. The van der Waals surface area contributed by atoms with Crippen LogP contribution in [0.1, 0.15) is 61.6 Å². The summed E-state index contributed by atoms with van der Waals surface area (Å²) < 4.78 is 17.7. The fourth-order valence-corrected chi connectivity index (χ4v) is 7.62. The number of pyridine rings is 1. The third-order valence-corrected chi connectivity index (χ3v) is 10.2. The number of thiophene rings is 1. The second-order valence-electron chi connectivity index (χ2n) is 11.7. The van der Waals surface area contributed by atoms with E-state index in [4.69, 9.17) is 37.4 Å². The summed E-state index contributed by atoms with van der Waals surface area (Å²) in [6, 6.07) is 15.7. The Kier molecular flexibility index (Phi) is 11.8. The molecule has 13 heteroatoms. The third-order valence-electron chi connectivity index (χ3n) is 8.37. The molecule has 3 atom stereocenters. The summed E-state index contributed by atoms with van der Waals surface area (Å²) in [7, 11) is 5.05. The maximum Gasteiger partial charge on any atom is 0.328 e. The number of halogens is 2. The Morgan fingerprint density at radius 3 is 2.42 bits per heavy atom. The zero-order valence-corrected chi connectivity index (χ0v) is 29.1. The first kappa shape index (κ1) is 35.4. The number of hydrogen-bond donors (Lipinski definition) is 2. The number of aromatic carboxylic acids is 1. The highest BCUT2D eigenvalue weighted by Crippen LogP contribution is 2.41. The number of benzene rings is 2. The molecule has 2 N–H and O–H groups in total. The molecule has 3 heterocycles. The van der Waals surface area contributed by atoms with E-state index in [2.05, 4.69) is 10.2 Å². The minimum atomic E-state index is -1.34. The first-order chi connectivity index (χ1) is 23.1. The van der Waals surface area contributed by atoms with E-state index in [1.165, 1.54) is 26.6 Å². The Labute approximate surface area is 293 Å². The molecule has 1 aliphatic heterocycles. The molecule has 0 spiro atoms. The van der Waals surface area contributed by atoms with Gasteiger partial charge in [-0.15, -0.1) is 11.3 Å². The number of likely N-dealkylation sites (tertiary alicyclic amines) is 1. The molecule has 0 saturated carbocycles. The molecule has 1 unspecified atom stereocenters. The van der Waals surface area contributed by atoms with Crippen LogP contribution in [0.4, 0.5) is 0 Å². The number of nitrogens with one attached hydrogen (secondary N) is 1. The van der Waals surface area contributed by atoms with Crippen LogP contribution in [0.5, 0.6) is 11.5 Å². The van der Waals surface area contributed by atoms with Gasteiger partial charge in [-0.1, -0.05) is 59.6 Å². The fourth-order valence-electron chi connectivity index (χ4n) is 6.01. The summed E-state index contributed by atoms with van der Waals surface area (Å²) in [4.78, 5) is 29.0. The molecule has 0 radical (unpaired) electrons. The van der Waals surface area contributed by atoms with Crippen LogP contribution in [-0.2, 0) is 22.5 Å². The number of hydrogen-bond acceptors (Lipinski definition) is 10. The zero-order chi connectivity index (χ0) is 34.4. The number of rotatable bonds is 13. The molecule has 2 aromatic heterocycles. The molecular weight excluding hydrogens is 677 g/mol. The van der Waals surface area contributed by atoms with Gasteiger partial charge >= 0.3 is 5.97 Å². The topological polar surface area (TPSA) is 124 Å². The van der Waals surface area contributed by atoms with E-state index in [1.807, 2.05) is 43.4 Å². The van der Waals surface area contributed by atoms with Crippen LogP contribution in [0.2, 0.25) is 10.0 Å². The quantitative estimate of drug-likeness (QED) is 0.114. The van der Waals surface area contributed by atoms with E-state index in [9.17, 15) is 19.9 Å². The van der Waals surface area contributed by atoms with Crippen molar-refractivity contribution in [3.63, 3.8) is 0 Å². The SMILES string of the molecule is COc1ccc([C@H](Cc2c(Cl)c[n+](O)cc2Cl)c2cc(CNC(C(=O)O[C@@H]3CCCN(C)C3)c3ccccc3)sc2C(=O)[O-])cc1OC. The van der Waals surface area contributed by atoms with Gasteiger partial charge in [-0.05, 0) is 67.7 Å². The predicted molar refractivity (Wildman–Crippen MR) is 180 cm³/mol. The fraction of sp³-hybridized carbons (Fsp3) is 0.343. The number of nitrogens with zero attached hydrogens (tertiary/aromatic N) is 2. The van der Waals surface area contributed by atoms with Crippen LogP contribution in [-0.4, -0.2) is 62.5 Å². The Balaban J connectivity index is 1.50. The van der Waals surface area contributed by atoms with Crippen LogP contribution in [0, 0.1) is 0 Å². The number of carbonyl (C=O) groups excluding carboxylic acids is 2. The van der Waals surface area contributed by atoms with Gasteiger partial charge in [0.2, 0.25) is 12.4 Å². The minimum absolute atomic E-state index is 0.0241. The summed E-state index contributed by atoms with van der Waals surface area (Å²) >= 11 is 14.1. The largest absolute Gasteiger partial charge is 0.544 e. The summed E-state index contributed by atoms with van der Waals surface area (Å²) in [5, 5.41) is 26.3. The van der Waals surface area contributed by atoms with Crippen molar-refractivity contribution >= 4 is 46.5 Å². The Hall–Kier alpha value is -3.87.